The number of aryl methyl sites for hydroxylation is 2. The number of rotatable bonds is 5. The number of hydrogen-bond donors (Lipinski definition) is 3. The summed E-state index contributed by atoms with van der Waals surface area (Å²) >= 11 is 0. The molecule has 0 saturated heterocycles. The third-order valence-electron chi connectivity index (χ3n) is 5.09. The van der Waals surface area contributed by atoms with E-state index >= 15 is 0 Å². The van der Waals surface area contributed by atoms with E-state index in [1.165, 1.54) is 30.9 Å². The third kappa shape index (κ3) is 3.40. The molecule has 0 spiro atoms. The highest BCUT2D eigenvalue weighted by Gasteiger charge is 2.30. The molecule has 0 radical (unpaired) electrons. The summed E-state index contributed by atoms with van der Waals surface area (Å²) in [4.78, 5) is 41.2. The largest absolute Gasteiger partial charge is 0.355 e. The van der Waals surface area contributed by atoms with Gasteiger partial charge in [-0.25, -0.2) is 9.37 Å². The number of nitrogens with zero attached hydrogens (tertiary/aromatic N) is 3. The highest BCUT2D eigenvalue weighted by Crippen LogP contribution is 2.32. The van der Waals surface area contributed by atoms with Crippen molar-refractivity contribution in [2.24, 2.45) is 20.0 Å². The summed E-state index contributed by atoms with van der Waals surface area (Å²) in [7, 11) is 4.58. The van der Waals surface area contributed by atoms with E-state index in [2.05, 4.69) is 20.9 Å². The van der Waals surface area contributed by atoms with Gasteiger partial charge in [0.25, 0.3) is 11.5 Å². The van der Waals surface area contributed by atoms with Crippen LogP contribution < -0.4 is 21.5 Å². The van der Waals surface area contributed by atoms with Crippen LogP contribution in [0.2, 0.25) is 0 Å². The molecule has 30 heavy (non-hydrogen) atoms. The maximum atomic E-state index is 14.5. The lowest BCUT2D eigenvalue weighted by atomic mass is 10.2. The van der Waals surface area contributed by atoms with Crippen LogP contribution in [0, 0.1) is 11.7 Å². The lowest BCUT2D eigenvalue weighted by Gasteiger charge is -2.13. The van der Waals surface area contributed by atoms with Crippen molar-refractivity contribution in [2.75, 3.05) is 17.7 Å². The first kappa shape index (κ1) is 19.6. The average molecular weight is 412 g/mol. The highest BCUT2D eigenvalue weighted by atomic mass is 19.1. The number of amides is 2. The first-order chi connectivity index (χ1) is 14.3. The Hall–Kier alpha value is -3.69. The number of hydrogen-bond acceptors (Lipinski definition) is 5. The Kier molecular flexibility index (Phi) is 4.76. The normalized spacial score (nSPS) is 13.3. The fourth-order valence-electron chi connectivity index (χ4n) is 3.35. The van der Waals surface area contributed by atoms with Gasteiger partial charge in [-0.1, -0.05) is 0 Å². The fraction of sp³-hybridized carbons (Fsp3) is 0.300. The van der Waals surface area contributed by atoms with Gasteiger partial charge in [0.15, 0.2) is 5.82 Å². The van der Waals surface area contributed by atoms with Gasteiger partial charge in [-0.2, -0.15) is 0 Å². The first-order valence-corrected chi connectivity index (χ1v) is 9.44. The highest BCUT2D eigenvalue weighted by molar-refractivity contribution is 6.03. The van der Waals surface area contributed by atoms with E-state index in [0.717, 1.165) is 23.6 Å². The molecule has 0 atom stereocenters. The van der Waals surface area contributed by atoms with E-state index in [0.29, 0.717) is 11.4 Å². The van der Waals surface area contributed by atoms with Gasteiger partial charge in [-0.3, -0.25) is 14.4 Å². The van der Waals surface area contributed by atoms with Crippen LogP contribution >= 0.6 is 0 Å². The fourth-order valence-corrected chi connectivity index (χ4v) is 3.35. The molecule has 3 aromatic rings. The molecule has 9 nitrogen and oxygen atoms in total. The summed E-state index contributed by atoms with van der Waals surface area (Å²) in [5.74, 6) is -0.791. The Balaban J connectivity index is 1.80. The number of aromatic nitrogens is 3. The molecular formula is C20H21FN6O3. The van der Waals surface area contributed by atoms with Crippen molar-refractivity contribution < 1.29 is 14.0 Å². The topological polar surface area (TPSA) is 110 Å². The lowest BCUT2D eigenvalue weighted by Crippen LogP contribution is -2.21. The van der Waals surface area contributed by atoms with Crippen molar-refractivity contribution in [1.82, 2.24) is 19.4 Å². The van der Waals surface area contributed by atoms with Gasteiger partial charge < -0.3 is 25.1 Å². The van der Waals surface area contributed by atoms with Crippen LogP contribution in [0.4, 0.5) is 21.6 Å². The molecule has 1 aliphatic rings. The SMILES string of the molecule is CNC(=O)c1cnc(NC(=O)C2CC2)cc1Nc1cn(C)c2c(F)cn(C)c(=O)c12. The van der Waals surface area contributed by atoms with E-state index in [1.54, 1.807) is 13.2 Å². The standard InChI is InChI=1S/C20H21FN6O3/c1-22-19(29)11-7-23-15(25-18(28)10-4-5-10)6-13(11)24-14-9-26(2)17-12(21)8-27(3)20(30)16(14)17/h6-10H,4-5H2,1-3H3,(H,22,29)(H2,23,24,25,28). The molecule has 10 heteroatoms. The molecule has 2 amide bonds. The molecule has 156 valence electrons. The van der Waals surface area contributed by atoms with Gasteiger partial charge >= 0.3 is 0 Å². The minimum atomic E-state index is -0.540. The van der Waals surface area contributed by atoms with E-state index in [9.17, 15) is 18.8 Å². The zero-order chi connectivity index (χ0) is 21.6. The van der Waals surface area contributed by atoms with Crippen LogP contribution in [0.1, 0.15) is 23.2 Å². The Morgan fingerprint density at radius 1 is 1.17 bits per heavy atom. The number of carbonyl (C=O) groups excluding carboxylic acids is 2. The van der Waals surface area contributed by atoms with Crippen molar-refractivity contribution in [1.29, 1.82) is 0 Å². The van der Waals surface area contributed by atoms with Crippen molar-refractivity contribution in [3.63, 3.8) is 0 Å². The Bertz CT molecular complexity index is 1240. The zero-order valence-electron chi connectivity index (χ0n) is 16.7. The summed E-state index contributed by atoms with van der Waals surface area (Å²) in [5, 5.41) is 8.47. The maximum Gasteiger partial charge on any atom is 0.262 e. The minimum Gasteiger partial charge on any atom is -0.355 e. The predicted octanol–water partition coefficient (Wildman–Crippen LogP) is 1.86. The second-order valence-electron chi connectivity index (χ2n) is 7.35. The summed E-state index contributed by atoms with van der Waals surface area (Å²) in [5.41, 5.74) is 0.649. The van der Waals surface area contributed by atoms with E-state index in [1.807, 2.05) is 0 Å². The second-order valence-corrected chi connectivity index (χ2v) is 7.35. The number of nitrogens with one attached hydrogen (secondary N) is 3. The number of pyridine rings is 2. The molecule has 1 fully saturated rings. The van der Waals surface area contributed by atoms with E-state index in [4.69, 9.17) is 0 Å². The monoisotopic (exact) mass is 412 g/mol. The summed E-state index contributed by atoms with van der Waals surface area (Å²) in [6, 6.07) is 1.52. The predicted molar refractivity (Wildman–Crippen MR) is 110 cm³/mol. The van der Waals surface area contributed by atoms with Crippen molar-refractivity contribution >= 4 is 39.9 Å². The van der Waals surface area contributed by atoms with Crippen molar-refractivity contribution in [2.45, 2.75) is 12.8 Å². The lowest BCUT2D eigenvalue weighted by molar-refractivity contribution is -0.117. The third-order valence-corrected chi connectivity index (χ3v) is 5.09. The number of carbonyl (C=O) groups is 2. The van der Waals surface area contributed by atoms with Crippen LogP contribution in [0.15, 0.2) is 29.5 Å². The van der Waals surface area contributed by atoms with Crippen molar-refractivity contribution in [3.8, 4) is 0 Å². The molecule has 4 rings (SSSR count). The molecule has 0 unspecified atom stereocenters. The van der Waals surface area contributed by atoms with Gasteiger partial charge in [-0.05, 0) is 12.8 Å². The second kappa shape index (κ2) is 7.29. The van der Waals surface area contributed by atoms with E-state index < -0.39 is 11.7 Å². The first-order valence-electron chi connectivity index (χ1n) is 9.44. The van der Waals surface area contributed by atoms with Crippen LogP contribution in [0.3, 0.4) is 0 Å². The quantitative estimate of drug-likeness (QED) is 0.593. The molecule has 3 N–H and O–H groups in total. The average Bonchev–Trinajstić information content (AvgIpc) is 3.50. The summed E-state index contributed by atoms with van der Waals surface area (Å²) < 4.78 is 17.1. The molecule has 1 aliphatic carbocycles. The number of halogens is 1. The van der Waals surface area contributed by atoms with Crippen LogP contribution in [0.25, 0.3) is 10.9 Å². The van der Waals surface area contributed by atoms with Gasteiger partial charge in [0.1, 0.15) is 5.82 Å². The molecule has 0 aromatic carbocycles. The van der Waals surface area contributed by atoms with E-state index in [-0.39, 0.29) is 39.7 Å². The molecule has 0 aliphatic heterocycles. The number of anilines is 3. The molecule has 1 saturated carbocycles. The Morgan fingerprint density at radius 3 is 2.57 bits per heavy atom. The Labute approximate surface area is 170 Å². The zero-order valence-corrected chi connectivity index (χ0v) is 16.7. The number of fused-ring (bicyclic) bond motifs is 1. The van der Waals surface area contributed by atoms with Crippen LogP contribution in [-0.2, 0) is 18.9 Å². The van der Waals surface area contributed by atoms with Gasteiger partial charge in [0, 0.05) is 51.7 Å². The van der Waals surface area contributed by atoms with Crippen molar-refractivity contribution in [3.05, 3.63) is 46.4 Å². The molecule has 3 heterocycles. The molecule has 0 bridgehead atoms. The van der Waals surface area contributed by atoms with Gasteiger partial charge in [-0.15, -0.1) is 0 Å². The molecular weight excluding hydrogens is 391 g/mol. The molecule has 3 aromatic heterocycles. The summed E-state index contributed by atoms with van der Waals surface area (Å²) in [6.07, 6.45) is 5.73. The summed E-state index contributed by atoms with van der Waals surface area (Å²) in [6.45, 7) is 0. The van der Waals surface area contributed by atoms with Crippen LogP contribution in [-0.4, -0.2) is 33.0 Å². The maximum absolute atomic E-state index is 14.5. The Morgan fingerprint density at radius 2 is 1.90 bits per heavy atom. The van der Waals surface area contributed by atoms with Crippen LogP contribution in [0.5, 0.6) is 0 Å². The van der Waals surface area contributed by atoms with Gasteiger partial charge in [0.2, 0.25) is 5.91 Å². The van der Waals surface area contributed by atoms with Gasteiger partial charge in [0.05, 0.1) is 27.8 Å². The smallest absolute Gasteiger partial charge is 0.262 e. The minimum absolute atomic E-state index is 0.00844.